The molecule has 1 rings (SSSR count). The van der Waals surface area contributed by atoms with Gasteiger partial charge < -0.3 is 15.7 Å². The zero-order chi connectivity index (χ0) is 15.3. The number of urea groups is 1. The third-order valence-electron chi connectivity index (χ3n) is 3.44. The number of carboxylic acid groups (broad SMARTS) is 1. The van der Waals surface area contributed by atoms with Gasteiger partial charge in [0.25, 0.3) is 0 Å². The van der Waals surface area contributed by atoms with E-state index in [0.717, 1.165) is 17.0 Å². The Kier molecular flexibility index (Phi) is 5.54. The number of aromatic nitrogens is 2. The quantitative estimate of drug-likeness (QED) is 0.723. The Morgan fingerprint density at radius 1 is 1.35 bits per heavy atom. The van der Waals surface area contributed by atoms with Gasteiger partial charge in [-0.15, -0.1) is 0 Å². The van der Waals surface area contributed by atoms with Crippen LogP contribution >= 0.6 is 0 Å². The first-order valence-electron chi connectivity index (χ1n) is 6.60. The lowest BCUT2D eigenvalue weighted by Crippen LogP contribution is -2.39. The van der Waals surface area contributed by atoms with Crippen LogP contribution in [-0.4, -0.2) is 33.4 Å². The lowest BCUT2D eigenvalue weighted by molar-refractivity contribution is -0.141. The van der Waals surface area contributed by atoms with Crippen molar-refractivity contribution in [1.82, 2.24) is 20.4 Å². The van der Waals surface area contributed by atoms with Crippen molar-refractivity contribution in [3.05, 3.63) is 17.0 Å². The highest BCUT2D eigenvalue weighted by molar-refractivity contribution is 5.75. The van der Waals surface area contributed by atoms with Crippen molar-refractivity contribution in [3.63, 3.8) is 0 Å². The van der Waals surface area contributed by atoms with Crippen LogP contribution in [0.5, 0.6) is 0 Å². The van der Waals surface area contributed by atoms with Gasteiger partial charge in [0.05, 0.1) is 11.6 Å². The van der Waals surface area contributed by atoms with E-state index in [1.807, 2.05) is 20.9 Å². The Morgan fingerprint density at radius 2 is 2.00 bits per heavy atom. The molecule has 7 nitrogen and oxygen atoms in total. The number of aliphatic carboxylic acids is 1. The van der Waals surface area contributed by atoms with Crippen molar-refractivity contribution in [2.75, 3.05) is 6.54 Å². The van der Waals surface area contributed by atoms with Gasteiger partial charge in [0.1, 0.15) is 0 Å². The Balaban J connectivity index is 2.46. The molecule has 0 fully saturated rings. The summed E-state index contributed by atoms with van der Waals surface area (Å²) in [5.41, 5.74) is 2.86. The minimum Gasteiger partial charge on any atom is -0.481 e. The number of hydrogen-bond acceptors (Lipinski definition) is 3. The van der Waals surface area contributed by atoms with E-state index in [2.05, 4.69) is 15.7 Å². The molecule has 0 saturated carbocycles. The van der Waals surface area contributed by atoms with Crippen LogP contribution in [0.3, 0.4) is 0 Å². The Bertz CT molecular complexity index is 496. The van der Waals surface area contributed by atoms with Crippen LogP contribution in [0.2, 0.25) is 0 Å². The first-order chi connectivity index (χ1) is 9.36. The summed E-state index contributed by atoms with van der Waals surface area (Å²) >= 11 is 0. The Morgan fingerprint density at radius 3 is 2.45 bits per heavy atom. The van der Waals surface area contributed by atoms with Crippen LogP contribution in [0.4, 0.5) is 4.79 Å². The van der Waals surface area contributed by atoms with Gasteiger partial charge in [0.15, 0.2) is 0 Å². The molecule has 2 amide bonds. The van der Waals surface area contributed by atoms with E-state index in [1.54, 1.807) is 11.6 Å². The topological polar surface area (TPSA) is 96.3 Å². The highest BCUT2D eigenvalue weighted by atomic mass is 16.4. The average molecular weight is 282 g/mol. The van der Waals surface area contributed by atoms with E-state index in [1.165, 1.54) is 0 Å². The van der Waals surface area contributed by atoms with E-state index in [-0.39, 0.29) is 12.6 Å². The second kappa shape index (κ2) is 6.93. The summed E-state index contributed by atoms with van der Waals surface area (Å²) in [6.07, 6.45) is 0.483. The summed E-state index contributed by atoms with van der Waals surface area (Å²) in [7, 11) is 1.85. The number of carbonyl (C=O) groups is 2. The zero-order valence-corrected chi connectivity index (χ0v) is 12.4. The van der Waals surface area contributed by atoms with E-state index < -0.39 is 11.9 Å². The standard InChI is InChI=1S/C13H22N4O3/c1-5-10(12(18)19)6-14-13(20)15-7-11-8(2)16-17(4)9(11)3/h10H,5-7H2,1-4H3,(H,18,19)(H2,14,15,20). The molecular weight excluding hydrogens is 260 g/mol. The van der Waals surface area contributed by atoms with E-state index >= 15 is 0 Å². The van der Waals surface area contributed by atoms with Gasteiger partial charge in [-0.2, -0.15) is 5.10 Å². The maximum absolute atomic E-state index is 11.6. The van der Waals surface area contributed by atoms with Gasteiger partial charge in [-0.05, 0) is 20.3 Å². The molecule has 1 atom stereocenters. The zero-order valence-electron chi connectivity index (χ0n) is 12.4. The van der Waals surface area contributed by atoms with Crippen LogP contribution in [0.1, 0.15) is 30.3 Å². The van der Waals surface area contributed by atoms with E-state index in [4.69, 9.17) is 5.11 Å². The predicted octanol–water partition coefficient (Wildman–Crippen LogP) is 0.947. The number of rotatable bonds is 6. The van der Waals surface area contributed by atoms with Crippen molar-refractivity contribution in [2.45, 2.75) is 33.7 Å². The van der Waals surface area contributed by atoms with Gasteiger partial charge in [0, 0.05) is 31.4 Å². The number of aryl methyl sites for hydroxylation is 2. The number of nitrogens with zero attached hydrogens (tertiary/aromatic N) is 2. The van der Waals surface area contributed by atoms with Crippen LogP contribution in [-0.2, 0) is 18.4 Å². The predicted molar refractivity (Wildman–Crippen MR) is 74.3 cm³/mol. The number of hydrogen-bond donors (Lipinski definition) is 3. The number of amides is 2. The third-order valence-corrected chi connectivity index (χ3v) is 3.44. The first-order valence-corrected chi connectivity index (χ1v) is 6.60. The summed E-state index contributed by atoms with van der Waals surface area (Å²) in [5, 5.41) is 18.4. The van der Waals surface area contributed by atoms with E-state index in [9.17, 15) is 9.59 Å². The van der Waals surface area contributed by atoms with Crippen LogP contribution < -0.4 is 10.6 Å². The number of nitrogens with one attached hydrogen (secondary N) is 2. The summed E-state index contributed by atoms with van der Waals surface area (Å²) in [4.78, 5) is 22.5. The maximum atomic E-state index is 11.6. The molecule has 3 N–H and O–H groups in total. The molecule has 0 radical (unpaired) electrons. The largest absolute Gasteiger partial charge is 0.481 e. The molecule has 0 aromatic carbocycles. The minimum atomic E-state index is -0.897. The molecule has 0 aliphatic carbocycles. The van der Waals surface area contributed by atoms with Crippen molar-refractivity contribution in [3.8, 4) is 0 Å². The molecule has 1 aromatic rings. The summed E-state index contributed by atoms with van der Waals surface area (Å²) in [6, 6.07) is -0.368. The molecular formula is C13H22N4O3. The maximum Gasteiger partial charge on any atom is 0.315 e. The molecule has 0 spiro atoms. The molecule has 112 valence electrons. The van der Waals surface area contributed by atoms with E-state index in [0.29, 0.717) is 13.0 Å². The molecule has 0 bridgehead atoms. The van der Waals surface area contributed by atoms with Gasteiger partial charge in [-0.3, -0.25) is 9.48 Å². The lowest BCUT2D eigenvalue weighted by atomic mass is 10.1. The van der Waals surface area contributed by atoms with Crippen molar-refractivity contribution in [1.29, 1.82) is 0 Å². The molecule has 20 heavy (non-hydrogen) atoms. The summed E-state index contributed by atoms with van der Waals surface area (Å²) in [5.74, 6) is -1.45. The monoisotopic (exact) mass is 282 g/mol. The Labute approximate surface area is 118 Å². The van der Waals surface area contributed by atoms with Gasteiger partial charge >= 0.3 is 12.0 Å². The molecule has 1 aromatic heterocycles. The smallest absolute Gasteiger partial charge is 0.315 e. The highest BCUT2D eigenvalue weighted by Crippen LogP contribution is 2.11. The van der Waals surface area contributed by atoms with Gasteiger partial charge in [-0.25, -0.2) is 4.79 Å². The second-order valence-electron chi connectivity index (χ2n) is 4.78. The Hall–Kier alpha value is -2.05. The van der Waals surface area contributed by atoms with Crippen LogP contribution in [0, 0.1) is 19.8 Å². The van der Waals surface area contributed by atoms with Crippen molar-refractivity contribution < 1.29 is 14.7 Å². The third kappa shape index (κ3) is 3.97. The van der Waals surface area contributed by atoms with Crippen molar-refractivity contribution in [2.24, 2.45) is 13.0 Å². The number of carbonyl (C=O) groups excluding carboxylic acids is 1. The second-order valence-corrected chi connectivity index (χ2v) is 4.78. The minimum absolute atomic E-state index is 0.128. The molecule has 0 saturated heterocycles. The number of carboxylic acids is 1. The van der Waals surface area contributed by atoms with Crippen molar-refractivity contribution >= 4 is 12.0 Å². The average Bonchev–Trinajstić information content (AvgIpc) is 2.61. The van der Waals surface area contributed by atoms with Crippen LogP contribution in [0.25, 0.3) is 0 Å². The molecule has 0 aliphatic heterocycles. The lowest BCUT2D eigenvalue weighted by Gasteiger charge is -2.12. The molecule has 0 aliphatic rings. The summed E-state index contributed by atoms with van der Waals surface area (Å²) in [6.45, 7) is 6.11. The molecule has 1 unspecified atom stereocenters. The van der Waals surface area contributed by atoms with Gasteiger partial charge in [0.2, 0.25) is 0 Å². The fraction of sp³-hybridized carbons (Fsp3) is 0.615. The van der Waals surface area contributed by atoms with Gasteiger partial charge in [-0.1, -0.05) is 6.92 Å². The normalized spacial score (nSPS) is 12.0. The van der Waals surface area contributed by atoms with Crippen LogP contribution in [0.15, 0.2) is 0 Å². The fourth-order valence-electron chi connectivity index (χ4n) is 1.93. The highest BCUT2D eigenvalue weighted by Gasteiger charge is 2.16. The SMILES string of the molecule is CCC(CNC(=O)NCc1c(C)nn(C)c1C)C(=O)O. The molecule has 7 heteroatoms. The first kappa shape index (κ1) is 16.0. The molecule has 1 heterocycles. The summed E-state index contributed by atoms with van der Waals surface area (Å²) < 4.78 is 1.77. The fourth-order valence-corrected chi connectivity index (χ4v) is 1.93.